The molecule has 0 saturated carbocycles. The maximum Gasteiger partial charge on any atom is 0.253 e. The molecule has 0 spiro atoms. The number of pyridine rings is 1. The van der Waals surface area contributed by atoms with Crippen LogP contribution in [-0.2, 0) is 0 Å². The number of rotatable bonds is 4. The van der Waals surface area contributed by atoms with Gasteiger partial charge < -0.3 is 19.6 Å². The molecule has 1 amide bonds. The highest BCUT2D eigenvalue weighted by atomic mass is 16.5. The number of carbonyl (C=O) groups excluding carboxylic acids is 1. The summed E-state index contributed by atoms with van der Waals surface area (Å²) in [6.07, 6.45) is 5.01. The predicted octanol–water partition coefficient (Wildman–Crippen LogP) is 3.88. The van der Waals surface area contributed by atoms with Gasteiger partial charge in [0.1, 0.15) is 18.0 Å². The zero-order valence-corrected chi connectivity index (χ0v) is 18.2. The highest BCUT2D eigenvalue weighted by Gasteiger charge is 2.32. The van der Waals surface area contributed by atoms with Gasteiger partial charge in [-0.25, -0.2) is 0 Å². The van der Waals surface area contributed by atoms with Crippen LogP contribution >= 0.6 is 0 Å². The average Bonchev–Trinajstić information content (AvgIpc) is 2.85. The smallest absolute Gasteiger partial charge is 0.253 e. The van der Waals surface area contributed by atoms with Crippen LogP contribution in [0.2, 0.25) is 0 Å². The number of benzene rings is 2. The molecule has 3 aromatic rings. The Balaban J connectivity index is 1.20. The minimum absolute atomic E-state index is 0.0393. The first-order valence-corrected chi connectivity index (χ1v) is 11.5. The number of hydrogen-bond donors (Lipinski definition) is 1. The Labute approximate surface area is 188 Å². The summed E-state index contributed by atoms with van der Waals surface area (Å²) in [7, 11) is 0. The van der Waals surface area contributed by atoms with Crippen LogP contribution in [-0.4, -0.2) is 59.3 Å². The number of aromatic nitrogens is 1. The highest BCUT2D eigenvalue weighted by molar-refractivity contribution is 5.94. The first kappa shape index (κ1) is 20.8. The van der Waals surface area contributed by atoms with E-state index in [-0.39, 0.29) is 18.6 Å². The number of fused-ring (bicyclic) bond motifs is 1. The molecule has 0 aliphatic carbocycles. The number of β-amino-alcohol motifs (C(OH)–C–C–N with tert-alkyl or cyclic N) is 1. The van der Waals surface area contributed by atoms with Gasteiger partial charge in [0.25, 0.3) is 5.91 Å². The molecule has 2 aliphatic rings. The molecule has 32 heavy (non-hydrogen) atoms. The number of nitrogens with zero attached hydrogens (tertiary/aromatic N) is 3. The Bertz CT molecular complexity index is 1080. The van der Waals surface area contributed by atoms with E-state index >= 15 is 0 Å². The minimum Gasteiger partial charge on any atom is -0.488 e. The third kappa shape index (κ3) is 4.41. The Hall–Kier alpha value is -3.12. The Morgan fingerprint density at radius 1 is 1.00 bits per heavy atom. The van der Waals surface area contributed by atoms with Crippen LogP contribution in [0.1, 0.15) is 36.0 Å². The summed E-state index contributed by atoms with van der Waals surface area (Å²) >= 11 is 0. The van der Waals surface area contributed by atoms with Crippen molar-refractivity contribution < 1.29 is 14.6 Å². The second-order valence-electron chi connectivity index (χ2n) is 8.72. The second kappa shape index (κ2) is 9.17. The van der Waals surface area contributed by atoms with Crippen molar-refractivity contribution in [1.29, 1.82) is 0 Å². The molecular weight excluding hydrogens is 402 g/mol. The standard InChI is InChI=1S/C26H29N3O3/c30-24-18-29(26(31)20-6-9-21(10-7-20)28-14-2-1-3-15-28)16-12-25(24)32-22-11-8-19-5-4-13-27-23(19)17-22/h4-11,13,17,24-25,30H,1-3,12,14-16,18H2/t24-,25-/m1/s1. The molecule has 6 nitrogen and oxygen atoms in total. The van der Waals surface area contributed by atoms with Crippen LogP contribution < -0.4 is 9.64 Å². The van der Waals surface area contributed by atoms with Gasteiger partial charge in [-0.15, -0.1) is 0 Å². The van der Waals surface area contributed by atoms with Gasteiger partial charge in [-0.05, 0) is 61.7 Å². The lowest BCUT2D eigenvalue weighted by Gasteiger charge is -2.36. The van der Waals surface area contributed by atoms with Crippen LogP contribution in [0.15, 0.2) is 60.8 Å². The van der Waals surface area contributed by atoms with E-state index in [2.05, 4.69) is 9.88 Å². The van der Waals surface area contributed by atoms with Gasteiger partial charge in [0.2, 0.25) is 0 Å². The molecule has 2 fully saturated rings. The van der Waals surface area contributed by atoms with Crippen LogP contribution in [0, 0.1) is 0 Å². The van der Waals surface area contributed by atoms with E-state index < -0.39 is 6.10 Å². The zero-order valence-electron chi connectivity index (χ0n) is 18.2. The number of piperidine rings is 2. The number of amides is 1. The number of anilines is 1. The van der Waals surface area contributed by atoms with E-state index in [1.54, 1.807) is 11.1 Å². The fraction of sp³-hybridized carbons (Fsp3) is 0.385. The van der Waals surface area contributed by atoms with Gasteiger partial charge in [-0.1, -0.05) is 6.07 Å². The number of aliphatic hydroxyl groups excluding tert-OH is 1. The second-order valence-corrected chi connectivity index (χ2v) is 8.72. The number of aliphatic hydroxyl groups is 1. The van der Waals surface area contributed by atoms with Crippen molar-refractivity contribution in [3.8, 4) is 5.75 Å². The first-order valence-electron chi connectivity index (χ1n) is 11.5. The van der Waals surface area contributed by atoms with Gasteiger partial charge in [0, 0.05) is 55.0 Å². The summed E-state index contributed by atoms with van der Waals surface area (Å²) in [5.74, 6) is 0.649. The van der Waals surface area contributed by atoms with E-state index in [4.69, 9.17) is 4.74 Å². The monoisotopic (exact) mass is 431 g/mol. The van der Waals surface area contributed by atoms with E-state index in [1.165, 1.54) is 24.9 Å². The molecule has 0 unspecified atom stereocenters. The third-order valence-electron chi connectivity index (χ3n) is 6.51. The number of likely N-dealkylation sites (tertiary alicyclic amines) is 1. The largest absolute Gasteiger partial charge is 0.488 e. The molecule has 2 aliphatic heterocycles. The first-order chi connectivity index (χ1) is 15.7. The molecule has 0 bridgehead atoms. The molecule has 6 heteroatoms. The number of hydrogen-bond acceptors (Lipinski definition) is 5. The van der Waals surface area contributed by atoms with Crippen LogP contribution in [0.3, 0.4) is 0 Å². The van der Waals surface area contributed by atoms with Crippen molar-refractivity contribution in [2.75, 3.05) is 31.1 Å². The number of ether oxygens (including phenoxy) is 1. The topological polar surface area (TPSA) is 65.9 Å². The normalized spacial score (nSPS) is 21.5. The fourth-order valence-electron chi connectivity index (χ4n) is 4.68. The third-order valence-corrected chi connectivity index (χ3v) is 6.51. The van der Waals surface area contributed by atoms with Gasteiger partial charge in [-0.3, -0.25) is 9.78 Å². The molecule has 5 rings (SSSR count). The van der Waals surface area contributed by atoms with Gasteiger partial charge >= 0.3 is 0 Å². The van der Waals surface area contributed by atoms with Gasteiger partial charge in [-0.2, -0.15) is 0 Å². The lowest BCUT2D eigenvalue weighted by atomic mass is 10.0. The molecule has 2 aromatic carbocycles. The van der Waals surface area contributed by atoms with Crippen LogP contribution in [0.4, 0.5) is 5.69 Å². The van der Waals surface area contributed by atoms with E-state index in [0.717, 1.165) is 24.0 Å². The Morgan fingerprint density at radius 2 is 1.81 bits per heavy atom. The Kier molecular flexibility index (Phi) is 5.95. The average molecular weight is 432 g/mol. The molecule has 166 valence electrons. The van der Waals surface area contributed by atoms with E-state index in [0.29, 0.717) is 24.3 Å². The molecule has 3 heterocycles. The lowest BCUT2D eigenvalue weighted by molar-refractivity contribution is -0.0198. The maximum absolute atomic E-state index is 13.0. The van der Waals surface area contributed by atoms with Gasteiger partial charge in [0.05, 0.1) is 12.1 Å². The van der Waals surface area contributed by atoms with Crippen molar-refractivity contribution >= 4 is 22.5 Å². The van der Waals surface area contributed by atoms with E-state index in [9.17, 15) is 9.90 Å². The maximum atomic E-state index is 13.0. The SMILES string of the molecule is O=C(c1ccc(N2CCCCC2)cc1)N1CC[C@@H](Oc2ccc3cccnc3c2)[C@H](O)C1. The van der Waals surface area contributed by atoms with Crippen molar-refractivity contribution in [2.45, 2.75) is 37.9 Å². The van der Waals surface area contributed by atoms with E-state index in [1.807, 2.05) is 54.6 Å². The predicted molar refractivity (Wildman–Crippen MR) is 125 cm³/mol. The molecule has 1 N–H and O–H groups in total. The molecule has 0 radical (unpaired) electrons. The highest BCUT2D eigenvalue weighted by Crippen LogP contribution is 2.25. The minimum atomic E-state index is -0.736. The van der Waals surface area contributed by atoms with Crippen molar-refractivity contribution in [2.24, 2.45) is 0 Å². The Morgan fingerprint density at radius 3 is 2.59 bits per heavy atom. The van der Waals surface area contributed by atoms with Crippen molar-refractivity contribution in [1.82, 2.24) is 9.88 Å². The summed E-state index contributed by atoms with van der Waals surface area (Å²) in [5.41, 5.74) is 2.70. The summed E-state index contributed by atoms with van der Waals surface area (Å²) < 4.78 is 6.06. The zero-order chi connectivity index (χ0) is 21.9. The van der Waals surface area contributed by atoms with Crippen molar-refractivity contribution in [3.05, 3.63) is 66.4 Å². The molecular formula is C26H29N3O3. The van der Waals surface area contributed by atoms with Gasteiger partial charge in [0.15, 0.2) is 0 Å². The quantitative estimate of drug-likeness (QED) is 0.679. The molecule has 2 atom stereocenters. The lowest BCUT2D eigenvalue weighted by Crippen LogP contribution is -2.51. The summed E-state index contributed by atoms with van der Waals surface area (Å²) in [6, 6.07) is 17.6. The fourth-order valence-corrected chi connectivity index (χ4v) is 4.68. The summed E-state index contributed by atoms with van der Waals surface area (Å²) in [4.78, 5) is 21.5. The summed E-state index contributed by atoms with van der Waals surface area (Å²) in [6.45, 7) is 2.99. The van der Waals surface area contributed by atoms with Crippen LogP contribution in [0.5, 0.6) is 5.75 Å². The van der Waals surface area contributed by atoms with Crippen LogP contribution in [0.25, 0.3) is 10.9 Å². The summed E-state index contributed by atoms with van der Waals surface area (Å²) in [5, 5.41) is 11.7. The molecule has 1 aromatic heterocycles. The van der Waals surface area contributed by atoms with Crippen molar-refractivity contribution in [3.63, 3.8) is 0 Å². The molecule has 2 saturated heterocycles. The number of carbonyl (C=O) groups is 1.